The SMILES string of the molecule is CN(Cc1nc2ccccc2s1)C(=O)NCc1ccc2c(c1)CCC2. The molecular weight excluding hydrogens is 330 g/mol. The van der Waals surface area contributed by atoms with E-state index in [0.29, 0.717) is 13.1 Å². The van der Waals surface area contributed by atoms with E-state index in [9.17, 15) is 4.79 Å². The Morgan fingerprint density at radius 1 is 1.20 bits per heavy atom. The molecule has 0 fully saturated rings. The average Bonchev–Trinajstić information content (AvgIpc) is 3.24. The normalized spacial score (nSPS) is 13.0. The summed E-state index contributed by atoms with van der Waals surface area (Å²) in [5.41, 5.74) is 5.06. The van der Waals surface area contributed by atoms with Gasteiger partial charge in [0.2, 0.25) is 0 Å². The van der Waals surface area contributed by atoms with Gasteiger partial charge in [-0.15, -0.1) is 11.3 Å². The number of aromatic nitrogens is 1. The molecule has 3 aromatic rings. The number of carbonyl (C=O) groups excluding carboxylic acids is 1. The molecule has 0 saturated heterocycles. The molecule has 4 rings (SSSR count). The number of carbonyl (C=O) groups is 1. The largest absolute Gasteiger partial charge is 0.334 e. The molecule has 1 heterocycles. The topological polar surface area (TPSA) is 45.2 Å². The van der Waals surface area contributed by atoms with Crippen LogP contribution in [-0.4, -0.2) is 23.0 Å². The maximum Gasteiger partial charge on any atom is 0.317 e. The highest BCUT2D eigenvalue weighted by atomic mass is 32.1. The molecule has 0 atom stereocenters. The number of para-hydroxylation sites is 1. The predicted octanol–water partition coefficient (Wildman–Crippen LogP) is 4.13. The number of benzene rings is 2. The van der Waals surface area contributed by atoms with Gasteiger partial charge in [0.1, 0.15) is 5.01 Å². The minimum absolute atomic E-state index is 0.0697. The number of urea groups is 1. The predicted molar refractivity (Wildman–Crippen MR) is 102 cm³/mol. The summed E-state index contributed by atoms with van der Waals surface area (Å²) >= 11 is 1.64. The number of thiazole rings is 1. The van der Waals surface area contributed by atoms with E-state index in [-0.39, 0.29) is 6.03 Å². The minimum atomic E-state index is -0.0697. The monoisotopic (exact) mass is 351 g/mol. The fourth-order valence-corrected chi connectivity index (χ4v) is 4.33. The third kappa shape index (κ3) is 3.51. The number of rotatable bonds is 4. The molecule has 0 bridgehead atoms. The molecule has 1 aliphatic rings. The summed E-state index contributed by atoms with van der Waals surface area (Å²) in [5, 5.41) is 3.96. The van der Waals surface area contributed by atoms with Crippen LogP contribution in [0.3, 0.4) is 0 Å². The Kier molecular flexibility index (Phi) is 4.40. The van der Waals surface area contributed by atoms with Crippen LogP contribution in [0.5, 0.6) is 0 Å². The molecule has 128 valence electrons. The van der Waals surface area contributed by atoms with Gasteiger partial charge in [-0.05, 0) is 48.1 Å². The first-order valence-corrected chi connectivity index (χ1v) is 9.45. The quantitative estimate of drug-likeness (QED) is 0.768. The van der Waals surface area contributed by atoms with Crippen LogP contribution in [0.4, 0.5) is 4.79 Å². The van der Waals surface area contributed by atoms with Crippen molar-refractivity contribution in [2.45, 2.75) is 32.4 Å². The van der Waals surface area contributed by atoms with Crippen molar-refractivity contribution in [3.8, 4) is 0 Å². The minimum Gasteiger partial charge on any atom is -0.334 e. The van der Waals surface area contributed by atoms with Crippen molar-refractivity contribution in [1.82, 2.24) is 15.2 Å². The molecule has 5 heteroatoms. The van der Waals surface area contributed by atoms with Gasteiger partial charge in [-0.1, -0.05) is 30.3 Å². The van der Waals surface area contributed by atoms with E-state index in [1.807, 2.05) is 25.2 Å². The molecule has 1 aliphatic carbocycles. The summed E-state index contributed by atoms with van der Waals surface area (Å²) in [5.74, 6) is 0. The number of amides is 2. The second kappa shape index (κ2) is 6.84. The number of nitrogens with one attached hydrogen (secondary N) is 1. The number of nitrogens with zero attached hydrogens (tertiary/aromatic N) is 2. The van der Waals surface area contributed by atoms with Crippen molar-refractivity contribution < 1.29 is 4.79 Å². The van der Waals surface area contributed by atoms with Gasteiger partial charge in [0.25, 0.3) is 0 Å². The lowest BCUT2D eigenvalue weighted by molar-refractivity contribution is 0.206. The highest BCUT2D eigenvalue weighted by Crippen LogP contribution is 2.23. The van der Waals surface area contributed by atoms with Crippen LogP contribution >= 0.6 is 11.3 Å². The zero-order chi connectivity index (χ0) is 17.2. The van der Waals surface area contributed by atoms with E-state index in [0.717, 1.165) is 21.6 Å². The molecule has 0 unspecified atom stereocenters. The van der Waals surface area contributed by atoms with Gasteiger partial charge >= 0.3 is 6.03 Å². The summed E-state index contributed by atoms with van der Waals surface area (Å²) < 4.78 is 1.16. The summed E-state index contributed by atoms with van der Waals surface area (Å²) in [6, 6.07) is 14.5. The van der Waals surface area contributed by atoms with Crippen LogP contribution in [-0.2, 0) is 25.9 Å². The second-order valence-corrected chi connectivity index (χ2v) is 7.66. The van der Waals surface area contributed by atoms with E-state index < -0.39 is 0 Å². The molecule has 0 saturated carbocycles. The Labute approximate surface area is 151 Å². The van der Waals surface area contributed by atoms with Crippen molar-refractivity contribution in [3.63, 3.8) is 0 Å². The highest BCUT2D eigenvalue weighted by Gasteiger charge is 2.13. The summed E-state index contributed by atoms with van der Waals surface area (Å²) in [7, 11) is 1.81. The van der Waals surface area contributed by atoms with E-state index in [1.54, 1.807) is 16.2 Å². The van der Waals surface area contributed by atoms with Gasteiger partial charge in [-0.3, -0.25) is 0 Å². The van der Waals surface area contributed by atoms with Gasteiger partial charge in [0.05, 0.1) is 16.8 Å². The summed E-state index contributed by atoms with van der Waals surface area (Å²) in [4.78, 5) is 18.6. The number of hydrogen-bond acceptors (Lipinski definition) is 3. The Hall–Kier alpha value is -2.40. The van der Waals surface area contributed by atoms with E-state index in [4.69, 9.17) is 0 Å². The van der Waals surface area contributed by atoms with Crippen LogP contribution in [0.15, 0.2) is 42.5 Å². The van der Waals surface area contributed by atoms with Gasteiger partial charge < -0.3 is 10.2 Å². The molecule has 25 heavy (non-hydrogen) atoms. The first-order valence-electron chi connectivity index (χ1n) is 8.63. The molecule has 1 aromatic heterocycles. The third-order valence-electron chi connectivity index (χ3n) is 4.66. The molecular formula is C20H21N3OS. The van der Waals surface area contributed by atoms with Crippen molar-refractivity contribution in [2.75, 3.05) is 7.05 Å². The zero-order valence-corrected chi connectivity index (χ0v) is 15.1. The lowest BCUT2D eigenvalue weighted by Gasteiger charge is -2.17. The van der Waals surface area contributed by atoms with Gasteiger partial charge in [0.15, 0.2) is 0 Å². The first kappa shape index (κ1) is 16.1. The number of fused-ring (bicyclic) bond motifs is 2. The molecule has 0 radical (unpaired) electrons. The molecule has 2 aromatic carbocycles. The summed E-state index contributed by atoms with van der Waals surface area (Å²) in [6.45, 7) is 1.09. The molecule has 2 amide bonds. The molecule has 0 aliphatic heterocycles. The molecule has 1 N–H and O–H groups in total. The van der Waals surface area contributed by atoms with Crippen LogP contribution in [0.1, 0.15) is 28.1 Å². The number of aryl methyl sites for hydroxylation is 2. The van der Waals surface area contributed by atoms with Crippen molar-refractivity contribution in [2.24, 2.45) is 0 Å². The number of hydrogen-bond donors (Lipinski definition) is 1. The lowest BCUT2D eigenvalue weighted by Crippen LogP contribution is -2.36. The van der Waals surface area contributed by atoms with Crippen LogP contribution in [0.2, 0.25) is 0 Å². The van der Waals surface area contributed by atoms with E-state index in [1.165, 1.54) is 29.5 Å². The standard InChI is InChI=1S/C20H21N3OS/c1-23(13-19-22-17-7-2-3-8-18(17)25-19)20(24)21-12-14-9-10-15-5-4-6-16(15)11-14/h2-3,7-11H,4-6,12-13H2,1H3,(H,21,24). The smallest absolute Gasteiger partial charge is 0.317 e. The van der Waals surface area contributed by atoms with E-state index in [2.05, 4.69) is 34.6 Å². The average molecular weight is 351 g/mol. The van der Waals surface area contributed by atoms with Crippen molar-refractivity contribution >= 4 is 27.6 Å². The zero-order valence-electron chi connectivity index (χ0n) is 14.3. The van der Waals surface area contributed by atoms with Gasteiger partial charge in [0, 0.05) is 13.6 Å². The van der Waals surface area contributed by atoms with Crippen LogP contribution in [0.25, 0.3) is 10.2 Å². The molecule has 4 nitrogen and oxygen atoms in total. The Balaban J connectivity index is 1.35. The Morgan fingerprint density at radius 2 is 2.04 bits per heavy atom. The van der Waals surface area contributed by atoms with Crippen molar-refractivity contribution in [1.29, 1.82) is 0 Å². The van der Waals surface area contributed by atoms with Crippen molar-refractivity contribution in [3.05, 3.63) is 64.2 Å². The maximum absolute atomic E-state index is 12.4. The third-order valence-corrected chi connectivity index (χ3v) is 5.69. The molecule has 0 spiro atoms. The fourth-order valence-electron chi connectivity index (χ4n) is 3.31. The highest BCUT2D eigenvalue weighted by molar-refractivity contribution is 7.18. The maximum atomic E-state index is 12.4. The second-order valence-electron chi connectivity index (χ2n) is 6.55. The first-order chi connectivity index (χ1) is 12.2. The van der Waals surface area contributed by atoms with Crippen LogP contribution < -0.4 is 5.32 Å². The Morgan fingerprint density at radius 3 is 2.92 bits per heavy atom. The van der Waals surface area contributed by atoms with E-state index >= 15 is 0 Å². The lowest BCUT2D eigenvalue weighted by atomic mass is 10.1. The van der Waals surface area contributed by atoms with Gasteiger partial charge in [-0.2, -0.15) is 0 Å². The summed E-state index contributed by atoms with van der Waals surface area (Å²) in [6.07, 6.45) is 3.59. The Bertz CT molecular complexity index is 885. The van der Waals surface area contributed by atoms with Gasteiger partial charge in [-0.25, -0.2) is 9.78 Å². The van der Waals surface area contributed by atoms with Crippen LogP contribution in [0, 0.1) is 0 Å². The fraction of sp³-hybridized carbons (Fsp3) is 0.300.